The molecule has 0 amide bonds. The van der Waals surface area contributed by atoms with Gasteiger partial charge < -0.3 is 10.4 Å². The lowest BCUT2D eigenvalue weighted by molar-refractivity contribution is -0.137. The number of carbonyl (C=O) groups is 1. The third-order valence-electron chi connectivity index (χ3n) is 3.18. The lowest BCUT2D eigenvalue weighted by Crippen LogP contribution is -2.38. The van der Waals surface area contributed by atoms with Crippen LogP contribution >= 0.6 is 15.9 Å². The molecule has 2 unspecified atom stereocenters. The maximum absolute atomic E-state index is 10.7. The van der Waals surface area contributed by atoms with Gasteiger partial charge in [-0.2, -0.15) is 0 Å². The van der Waals surface area contributed by atoms with Crippen LogP contribution in [0.2, 0.25) is 0 Å². The molecule has 1 aliphatic heterocycles. The van der Waals surface area contributed by atoms with Gasteiger partial charge in [0.15, 0.2) is 0 Å². The fraction of sp³-hybridized carbons (Fsp3) is 0.462. The van der Waals surface area contributed by atoms with Crippen LogP contribution in [0.15, 0.2) is 28.7 Å². The number of rotatable bonds is 3. The number of benzene rings is 1. The summed E-state index contributed by atoms with van der Waals surface area (Å²) in [7, 11) is 0. The minimum absolute atomic E-state index is 0.106. The molecule has 1 aromatic carbocycles. The Bertz CT molecular complexity index is 391. The molecule has 1 aromatic rings. The summed E-state index contributed by atoms with van der Waals surface area (Å²) in [5, 5.41) is 12.2. The molecule has 17 heavy (non-hydrogen) atoms. The van der Waals surface area contributed by atoms with Crippen LogP contribution in [0.1, 0.15) is 37.3 Å². The number of hydrogen-bond donors (Lipinski definition) is 2. The summed E-state index contributed by atoms with van der Waals surface area (Å²) in [6, 6.07) is 8.63. The Morgan fingerprint density at radius 1 is 1.35 bits per heavy atom. The molecule has 1 saturated heterocycles. The second-order valence-electron chi connectivity index (χ2n) is 4.50. The molecule has 0 saturated carbocycles. The summed E-state index contributed by atoms with van der Waals surface area (Å²) in [4.78, 5) is 10.7. The molecule has 0 spiro atoms. The highest BCUT2D eigenvalue weighted by atomic mass is 79.9. The van der Waals surface area contributed by atoms with Crippen LogP contribution in [0.3, 0.4) is 0 Å². The van der Waals surface area contributed by atoms with E-state index < -0.39 is 5.97 Å². The van der Waals surface area contributed by atoms with Crippen molar-refractivity contribution >= 4 is 21.9 Å². The molecule has 0 aliphatic carbocycles. The zero-order valence-corrected chi connectivity index (χ0v) is 11.1. The van der Waals surface area contributed by atoms with Gasteiger partial charge in [-0.3, -0.25) is 4.79 Å². The second kappa shape index (κ2) is 5.65. The number of nitrogens with one attached hydrogen (secondary N) is 1. The van der Waals surface area contributed by atoms with Gasteiger partial charge in [-0.15, -0.1) is 0 Å². The van der Waals surface area contributed by atoms with Crippen LogP contribution in [0, 0.1) is 0 Å². The van der Waals surface area contributed by atoms with Crippen LogP contribution in [0.4, 0.5) is 0 Å². The molecule has 92 valence electrons. The Kier molecular flexibility index (Phi) is 4.18. The number of halogens is 1. The van der Waals surface area contributed by atoms with Crippen molar-refractivity contribution in [1.29, 1.82) is 0 Å². The SMILES string of the molecule is O=C(O)CC1CCCC(c2ccc(Br)cc2)N1. The van der Waals surface area contributed by atoms with Crippen molar-refractivity contribution in [3.05, 3.63) is 34.3 Å². The molecule has 0 radical (unpaired) electrons. The molecule has 0 aromatic heterocycles. The number of piperidine rings is 1. The molecule has 2 N–H and O–H groups in total. The highest BCUT2D eigenvalue weighted by molar-refractivity contribution is 9.10. The van der Waals surface area contributed by atoms with Crippen molar-refractivity contribution in [2.75, 3.05) is 0 Å². The molecule has 2 atom stereocenters. The van der Waals surface area contributed by atoms with Crippen LogP contribution in [0.25, 0.3) is 0 Å². The first-order valence-corrected chi connectivity index (χ1v) is 6.68. The number of hydrogen-bond acceptors (Lipinski definition) is 2. The zero-order chi connectivity index (χ0) is 12.3. The first-order chi connectivity index (χ1) is 8.15. The van der Waals surface area contributed by atoms with Gasteiger partial charge in [0.2, 0.25) is 0 Å². The summed E-state index contributed by atoms with van der Waals surface area (Å²) >= 11 is 3.42. The fourth-order valence-electron chi connectivity index (χ4n) is 2.35. The summed E-state index contributed by atoms with van der Waals surface area (Å²) in [5.41, 5.74) is 1.24. The van der Waals surface area contributed by atoms with Gasteiger partial charge in [-0.1, -0.05) is 28.1 Å². The van der Waals surface area contributed by atoms with Gasteiger partial charge in [0.25, 0.3) is 0 Å². The highest BCUT2D eigenvalue weighted by Gasteiger charge is 2.23. The van der Waals surface area contributed by atoms with Gasteiger partial charge >= 0.3 is 5.97 Å². The van der Waals surface area contributed by atoms with E-state index in [-0.39, 0.29) is 12.5 Å². The quantitative estimate of drug-likeness (QED) is 0.901. The largest absolute Gasteiger partial charge is 0.481 e. The van der Waals surface area contributed by atoms with Gasteiger partial charge in [0.1, 0.15) is 0 Å². The van der Waals surface area contributed by atoms with E-state index in [0.29, 0.717) is 6.04 Å². The smallest absolute Gasteiger partial charge is 0.304 e. The zero-order valence-electron chi connectivity index (χ0n) is 9.53. The van der Waals surface area contributed by atoms with Gasteiger partial charge in [-0.25, -0.2) is 0 Å². The minimum atomic E-state index is -0.723. The lowest BCUT2D eigenvalue weighted by Gasteiger charge is -2.30. The van der Waals surface area contributed by atoms with Crippen molar-refractivity contribution < 1.29 is 9.90 Å². The van der Waals surface area contributed by atoms with Crippen molar-refractivity contribution in [3.8, 4) is 0 Å². The van der Waals surface area contributed by atoms with E-state index in [1.54, 1.807) is 0 Å². The standard InChI is InChI=1S/C13H16BrNO2/c14-10-6-4-9(5-7-10)12-3-1-2-11(15-12)8-13(16)17/h4-7,11-12,15H,1-3,8H2,(H,16,17). The summed E-state index contributed by atoms with van der Waals surface area (Å²) in [6.45, 7) is 0. The normalized spacial score (nSPS) is 24.5. The molecular weight excluding hydrogens is 282 g/mol. The van der Waals surface area contributed by atoms with Crippen molar-refractivity contribution in [3.63, 3.8) is 0 Å². The maximum atomic E-state index is 10.7. The molecule has 2 rings (SSSR count). The summed E-state index contributed by atoms with van der Waals surface area (Å²) < 4.78 is 1.07. The molecular formula is C13H16BrNO2. The molecule has 1 aliphatic rings. The first-order valence-electron chi connectivity index (χ1n) is 5.88. The lowest BCUT2D eigenvalue weighted by atomic mass is 9.92. The van der Waals surface area contributed by atoms with Crippen molar-refractivity contribution in [1.82, 2.24) is 5.32 Å². The Morgan fingerprint density at radius 2 is 2.06 bits per heavy atom. The molecule has 1 heterocycles. The van der Waals surface area contributed by atoms with E-state index in [4.69, 9.17) is 5.11 Å². The van der Waals surface area contributed by atoms with E-state index in [1.807, 2.05) is 12.1 Å². The number of carboxylic acid groups (broad SMARTS) is 1. The predicted octanol–water partition coefficient (Wildman–Crippen LogP) is 3.11. The Labute approximate surface area is 109 Å². The Hall–Kier alpha value is -0.870. The van der Waals surface area contributed by atoms with Crippen molar-refractivity contribution in [2.24, 2.45) is 0 Å². The third kappa shape index (κ3) is 3.54. The van der Waals surface area contributed by atoms with Crippen LogP contribution in [0.5, 0.6) is 0 Å². The van der Waals surface area contributed by atoms with Crippen molar-refractivity contribution in [2.45, 2.75) is 37.8 Å². The van der Waals surface area contributed by atoms with Gasteiger partial charge in [0.05, 0.1) is 6.42 Å². The average molecular weight is 298 g/mol. The molecule has 1 fully saturated rings. The van der Waals surface area contributed by atoms with E-state index in [1.165, 1.54) is 5.56 Å². The second-order valence-corrected chi connectivity index (χ2v) is 5.41. The van der Waals surface area contributed by atoms with E-state index in [9.17, 15) is 4.79 Å². The topological polar surface area (TPSA) is 49.3 Å². The van der Waals surface area contributed by atoms with E-state index in [0.717, 1.165) is 23.7 Å². The highest BCUT2D eigenvalue weighted by Crippen LogP contribution is 2.27. The monoisotopic (exact) mass is 297 g/mol. The minimum Gasteiger partial charge on any atom is -0.481 e. The van der Waals surface area contributed by atoms with E-state index in [2.05, 4.69) is 33.4 Å². The Morgan fingerprint density at radius 3 is 2.71 bits per heavy atom. The summed E-state index contributed by atoms with van der Waals surface area (Å²) in [6.07, 6.45) is 3.34. The number of carboxylic acids is 1. The third-order valence-corrected chi connectivity index (χ3v) is 3.70. The maximum Gasteiger partial charge on any atom is 0.304 e. The van der Waals surface area contributed by atoms with Crippen LogP contribution < -0.4 is 5.32 Å². The first kappa shape index (κ1) is 12.6. The average Bonchev–Trinajstić information content (AvgIpc) is 2.29. The molecule has 3 nitrogen and oxygen atoms in total. The van der Waals surface area contributed by atoms with Gasteiger partial charge in [0, 0.05) is 16.6 Å². The van der Waals surface area contributed by atoms with Crippen LogP contribution in [-0.2, 0) is 4.79 Å². The fourth-order valence-corrected chi connectivity index (χ4v) is 2.61. The number of aliphatic carboxylic acids is 1. The molecule has 0 bridgehead atoms. The van der Waals surface area contributed by atoms with Gasteiger partial charge in [-0.05, 0) is 37.0 Å². The Balaban J connectivity index is 2.01. The molecule has 4 heteroatoms. The van der Waals surface area contributed by atoms with E-state index >= 15 is 0 Å². The predicted molar refractivity (Wildman–Crippen MR) is 69.9 cm³/mol. The summed E-state index contributed by atoms with van der Waals surface area (Å²) in [5.74, 6) is -0.723. The van der Waals surface area contributed by atoms with Crippen LogP contribution in [-0.4, -0.2) is 17.1 Å².